The number of piperazine rings is 2. The van der Waals surface area contributed by atoms with Gasteiger partial charge in [-0.15, -0.1) is 0 Å². The Morgan fingerprint density at radius 2 is 1.28 bits per heavy atom. The first-order chi connectivity index (χ1) is 42.5. The number of anilines is 4. The third-order valence-electron chi connectivity index (χ3n) is 18.8. The van der Waals surface area contributed by atoms with Gasteiger partial charge in [0.05, 0.1) is 72.6 Å². The van der Waals surface area contributed by atoms with Crippen LogP contribution in [-0.2, 0) is 35.5 Å². The van der Waals surface area contributed by atoms with Gasteiger partial charge in [-0.05, 0) is 112 Å². The van der Waals surface area contributed by atoms with Crippen LogP contribution in [0, 0.1) is 35.4 Å². The van der Waals surface area contributed by atoms with Crippen molar-refractivity contribution in [3.05, 3.63) is 142 Å². The number of rotatable bonds is 15. The van der Waals surface area contributed by atoms with E-state index in [1.165, 1.54) is 15.9 Å². The molecule has 8 heterocycles. The lowest BCUT2D eigenvalue weighted by molar-refractivity contribution is -0.132. The summed E-state index contributed by atoms with van der Waals surface area (Å²) in [6, 6.07) is 23.2. The fraction of sp³-hybridized carbons (Fsp3) is 0.424. The topological polar surface area (TPSA) is 178 Å². The quantitative estimate of drug-likeness (QED) is 0.0701. The second-order valence-corrected chi connectivity index (χ2v) is 24.5. The highest BCUT2D eigenvalue weighted by Crippen LogP contribution is 2.43. The molecule has 2 aromatic heterocycles. The van der Waals surface area contributed by atoms with E-state index >= 15 is 4.39 Å². The summed E-state index contributed by atoms with van der Waals surface area (Å²) in [5.74, 6) is -2.14. The van der Waals surface area contributed by atoms with E-state index in [1.807, 2.05) is 37.4 Å². The molecule has 4 aromatic carbocycles. The van der Waals surface area contributed by atoms with E-state index in [-0.39, 0.29) is 81.5 Å². The Bertz CT molecular complexity index is 3890. The molecule has 88 heavy (non-hydrogen) atoms. The van der Waals surface area contributed by atoms with Gasteiger partial charge in [-0.1, -0.05) is 67.7 Å². The van der Waals surface area contributed by atoms with Crippen LogP contribution in [0.25, 0.3) is 21.5 Å². The SMILES string of the molecule is C=C(F)C(=O)N1CCN(c2nc(OC(=C)[C@@H]3CCCN3C)nc3c2CCN(c2cc(C4C[C@@H](COc5nc6c(c(N7CCN(C(=O)C(=C)F)[C@@H](CC#N)C7)n5)CCN(c5cccc7ccc(F)c(C)c57)C6)N(C)C4)cc4cccc(Cl)c24)C3)CC1CC#N. The van der Waals surface area contributed by atoms with Crippen molar-refractivity contribution in [3.63, 3.8) is 0 Å². The van der Waals surface area contributed by atoms with Crippen molar-refractivity contribution in [2.45, 2.75) is 95.0 Å². The van der Waals surface area contributed by atoms with Crippen LogP contribution < -0.4 is 29.1 Å². The molecule has 5 atom stereocenters. The van der Waals surface area contributed by atoms with E-state index in [0.29, 0.717) is 80.1 Å². The largest absolute Gasteiger partial charge is 0.462 e. The minimum atomic E-state index is -1.07. The highest BCUT2D eigenvalue weighted by molar-refractivity contribution is 6.36. The molecule has 6 aromatic rings. The van der Waals surface area contributed by atoms with Crippen LogP contribution in [0.1, 0.15) is 71.7 Å². The van der Waals surface area contributed by atoms with Crippen LogP contribution in [0.5, 0.6) is 12.0 Å². The Morgan fingerprint density at radius 3 is 1.90 bits per heavy atom. The van der Waals surface area contributed by atoms with Crippen molar-refractivity contribution in [1.82, 2.24) is 39.5 Å². The van der Waals surface area contributed by atoms with Crippen molar-refractivity contribution < 1.29 is 32.2 Å². The molecule has 0 spiro atoms. The van der Waals surface area contributed by atoms with Crippen LogP contribution in [0.2, 0.25) is 5.02 Å². The summed E-state index contributed by atoms with van der Waals surface area (Å²) in [6.07, 6.45) is 3.75. The van der Waals surface area contributed by atoms with Gasteiger partial charge in [0.2, 0.25) is 0 Å². The van der Waals surface area contributed by atoms with Crippen LogP contribution >= 0.6 is 11.6 Å². The number of aryl methyl sites for hydroxylation is 1. The van der Waals surface area contributed by atoms with Crippen molar-refractivity contribution >= 4 is 68.0 Å². The number of ether oxygens (including phenoxy) is 2. The number of nitrogens with zero attached hydrogens (tertiary/aromatic N) is 14. The Kier molecular flexibility index (Phi) is 17.0. The molecule has 18 nitrogen and oxygen atoms in total. The summed E-state index contributed by atoms with van der Waals surface area (Å²) in [7, 11) is 4.14. The number of likely N-dealkylation sites (N-methyl/N-ethyl adjacent to an activating group) is 2. The average molecular weight is 1220 g/mol. The number of nitriles is 2. The first-order valence-electron chi connectivity index (χ1n) is 30.1. The Balaban J connectivity index is 0.826. The molecule has 0 radical (unpaired) electrons. The summed E-state index contributed by atoms with van der Waals surface area (Å²) in [5.41, 5.74) is 6.92. The number of halogens is 4. The van der Waals surface area contributed by atoms with E-state index < -0.39 is 35.6 Å². The van der Waals surface area contributed by atoms with Gasteiger partial charge in [0, 0.05) is 98.2 Å². The maximum atomic E-state index is 15.2. The molecule has 2 amide bonds. The van der Waals surface area contributed by atoms with Gasteiger partial charge in [-0.2, -0.15) is 30.5 Å². The molecule has 22 heteroatoms. The number of amides is 2. The molecule has 6 aliphatic heterocycles. The van der Waals surface area contributed by atoms with Gasteiger partial charge in [-0.3, -0.25) is 19.4 Å². The number of hydrogen-bond acceptors (Lipinski definition) is 16. The summed E-state index contributed by atoms with van der Waals surface area (Å²) < 4.78 is 56.9. The lowest BCUT2D eigenvalue weighted by Crippen LogP contribution is -2.55. The highest BCUT2D eigenvalue weighted by Gasteiger charge is 2.39. The normalized spacial score (nSPS) is 21.5. The Morgan fingerprint density at radius 1 is 0.682 bits per heavy atom. The molecule has 0 aliphatic carbocycles. The van der Waals surface area contributed by atoms with Gasteiger partial charge >= 0.3 is 12.0 Å². The van der Waals surface area contributed by atoms with Crippen molar-refractivity contribution in [3.8, 4) is 24.2 Å². The number of carbonyl (C=O) groups is 2. The summed E-state index contributed by atoms with van der Waals surface area (Å²) in [4.78, 5) is 62.2. The van der Waals surface area contributed by atoms with Gasteiger partial charge < -0.3 is 38.9 Å². The van der Waals surface area contributed by atoms with E-state index in [1.54, 1.807) is 13.0 Å². The molecule has 456 valence electrons. The second kappa shape index (κ2) is 24.9. The van der Waals surface area contributed by atoms with Crippen LogP contribution in [0.4, 0.5) is 36.2 Å². The van der Waals surface area contributed by atoms with Crippen LogP contribution in [-0.4, -0.2) is 162 Å². The van der Waals surface area contributed by atoms with Crippen LogP contribution in [0.15, 0.2) is 97.8 Å². The zero-order valence-corrected chi connectivity index (χ0v) is 50.6. The molecule has 4 fully saturated rings. The molecule has 2 unspecified atom stereocenters. The van der Waals surface area contributed by atoms with Gasteiger partial charge in [0.1, 0.15) is 29.8 Å². The fourth-order valence-corrected chi connectivity index (χ4v) is 14.4. The predicted octanol–water partition coefficient (Wildman–Crippen LogP) is 9.48. The van der Waals surface area contributed by atoms with Gasteiger partial charge in [-0.25, -0.2) is 13.2 Å². The summed E-state index contributed by atoms with van der Waals surface area (Å²) >= 11 is 7.17. The third-order valence-corrected chi connectivity index (χ3v) is 19.1. The smallest absolute Gasteiger partial charge is 0.323 e. The number of carbonyl (C=O) groups excluding carboxylic acids is 2. The Labute approximate surface area is 515 Å². The number of benzene rings is 4. The zero-order valence-electron chi connectivity index (χ0n) is 49.8. The van der Waals surface area contributed by atoms with Crippen molar-refractivity contribution in [1.29, 1.82) is 10.5 Å². The van der Waals surface area contributed by atoms with Crippen molar-refractivity contribution in [2.75, 3.05) is 106 Å². The molecule has 0 N–H and O–H groups in total. The lowest BCUT2D eigenvalue weighted by Gasteiger charge is -2.42. The number of fused-ring (bicyclic) bond motifs is 4. The van der Waals surface area contributed by atoms with Crippen molar-refractivity contribution in [2.24, 2.45) is 0 Å². The fourth-order valence-electron chi connectivity index (χ4n) is 14.2. The van der Waals surface area contributed by atoms with Crippen LogP contribution in [0.3, 0.4) is 0 Å². The molecule has 12 rings (SSSR count). The number of aromatic nitrogens is 4. The molecule has 4 saturated heterocycles. The number of hydrogen-bond donors (Lipinski definition) is 0. The standard InChI is InChI=1S/C66H70ClF3N14O4/c1-39-53(70)16-15-43-10-8-13-57(59(39)43)79-24-19-50-54(36-79)73-65(75-61(50)81-26-28-83(63(85)40(2)68)47(34-81)17-21-71)87-38-49-31-46(33-78(49)6)45-30-44-11-7-12-52(67)60(44)58(32-45)80-25-20-51-55(37-80)74-66(88-42(4)56-14-9-23-77(56)5)76-62(51)82-27-29-84(64(86)41(3)69)48(35-82)18-22-72/h7-8,10-13,15-16,30,32,46-49,56H,2-4,9,14,17-20,23-29,31,33-38H2,1,5-6H3/t46?,47-,48?,49-,56-/m0/s1. The third kappa shape index (κ3) is 11.6. The van der Waals surface area contributed by atoms with E-state index in [0.717, 1.165) is 93.3 Å². The average Bonchev–Trinajstić information content (AvgIpc) is 1.09. The van der Waals surface area contributed by atoms with Gasteiger partial charge in [0.25, 0.3) is 11.8 Å². The summed E-state index contributed by atoms with van der Waals surface area (Å²) in [6.45, 7) is 18.0. The molecule has 0 saturated carbocycles. The molecular weight excluding hydrogens is 1150 g/mol. The minimum absolute atomic E-state index is 0.000470. The highest BCUT2D eigenvalue weighted by atomic mass is 35.5. The minimum Gasteiger partial charge on any atom is -0.462 e. The first kappa shape index (κ1) is 59.8. The maximum Gasteiger partial charge on any atom is 0.323 e. The van der Waals surface area contributed by atoms with Gasteiger partial charge in [0.15, 0.2) is 11.7 Å². The van der Waals surface area contributed by atoms with E-state index in [4.69, 9.17) is 41.0 Å². The molecular formula is C66H70ClF3N14O4. The monoisotopic (exact) mass is 1210 g/mol. The van der Waals surface area contributed by atoms with E-state index in [2.05, 4.69) is 86.5 Å². The second-order valence-electron chi connectivity index (χ2n) is 24.1. The first-order valence-corrected chi connectivity index (χ1v) is 30.5. The lowest BCUT2D eigenvalue weighted by atomic mass is 9.92. The molecule has 0 bridgehead atoms. The summed E-state index contributed by atoms with van der Waals surface area (Å²) in [5, 5.41) is 24.0. The Hall–Kier alpha value is -8.50. The maximum absolute atomic E-state index is 15.2. The predicted molar refractivity (Wildman–Crippen MR) is 332 cm³/mol. The zero-order chi connectivity index (χ0) is 61.7. The van der Waals surface area contributed by atoms with E-state index in [9.17, 15) is 28.9 Å². The molecule has 6 aliphatic rings. The number of likely N-dealkylation sites (tertiary alicyclic amines) is 2.